The number of nitrogens with zero attached hydrogens (tertiary/aromatic N) is 3. The van der Waals surface area contributed by atoms with Crippen molar-refractivity contribution in [2.75, 3.05) is 23.3 Å². The van der Waals surface area contributed by atoms with Gasteiger partial charge in [-0.2, -0.15) is 5.26 Å². The smallest absolute Gasteiger partial charge is 0.265 e. The Labute approximate surface area is 153 Å². The first-order valence-electron chi connectivity index (χ1n) is 8.84. The summed E-state index contributed by atoms with van der Waals surface area (Å²) in [6.45, 7) is 3.76. The van der Waals surface area contributed by atoms with E-state index in [1.165, 1.54) is 19.3 Å². The van der Waals surface area contributed by atoms with Gasteiger partial charge in [-0.05, 0) is 62.6 Å². The van der Waals surface area contributed by atoms with E-state index in [4.69, 9.17) is 10.00 Å². The van der Waals surface area contributed by atoms with Gasteiger partial charge in [-0.25, -0.2) is 4.98 Å². The molecule has 0 saturated carbocycles. The number of pyridine rings is 1. The van der Waals surface area contributed by atoms with Gasteiger partial charge in [0, 0.05) is 13.1 Å². The Morgan fingerprint density at radius 1 is 1.19 bits per heavy atom. The van der Waals surface area contributed by atoms with Crippen LogP contribution < -0.4 is 15.0 Å². The molecule has 1 saturated heterocycles. The fraction of sp³-hybridized carbons (Fsp3) is 0.350. The molecule has 1 aliphatic heterocycles. The monoisotopic (exact) mass is 350 g/mol. The molecule has 1 amide bonds. The average molecular weight is 350 g/mol. The zero-order chi connectivity index (χ0) is 18.4. The zero-order valence-corrected chi connectivity index (χ0v) is 14.8. The third-order valence-electron chi connectivity index (χ3n) is 4.36. The maximum atomic E-state index is 12.3. The molecule has 0 aliphatic carbocycles. The van der Waals surface area contributed by atoms with Crippen LogP contribution in [0.15, 0.2) is 42.6 Å². The van der Waals surface area contributed by atoms with Crippen molar-refractivity contribution < 1.29 is 9.53 Å². The quantitative estimate of drug-likeness (QED) is 0.895. The number of nitrogens with one attached hydrogen (secondary N) is 1. The Kier molecular flexibility index (Phi) is 5.69. The van der Waals surface area contributed by atoms with E-state index in [2.05, 4.69) is 15.2 Å². The Morgan fingerprint density at radius 3 is 2.54 bits per heavy atom. The van der Waals surface area contributed by atoms with E-state index in [0.29, 0.717) is 17.0 Å². The largest absolute Gasteiger partial charge is 0.481 e. The molecule has 26 heavy (non-hydrogen) atoms. The van der Waals surface area contributed by atoms with Crippen molar-refractivity contribution in [3.63, 3.8) is 0 Å². The van der Waals surface area contributed by atoms with Gasteiger partial charge < -0.3 is 15.0 Å². The first kappa shape index (κ1) is 17.7. The number of carbonyl (C=O) groups excluding carboxylic acids is 1. The standard InChI is InChI=1S/C20H22N4O2/c1-15(26-18-8-5-16(13-21)6-9-18)20(25)23-17-7-10-19(22-14-17)24-11-3-2-4-12-24/h5-10,14-15H,2-4,11-12H2,1H3,(H,23,25)/t15-/m1/s1. The minimum atomic E-state index is -0.662. The van der Waals surface area contributed by atoms with Gasteiger partial charge in [0.25, 0.3) is 5.91 Å². The molecule has 0 radical (unpaired) electrons. The molecule has 2 heterocycles. The molecule has 0 unspecified atom stereocenters. The van der Waals surface area contributed by atoms with Crippen molar-refractivity contribution in [2.45, 2.75) is 32.3 Å². The fourth-order valence-electron chi connectivity index (χ4n) is 2.88. The summed E-state index contributed by atoms with van der Waals surface area (Å²) in [5.74, 6) is 1.25. The van der Waals surface area contributed by atoms with Crippen LogP contribution in [0.5, 0.6) is 5.75 Å². The molecular weight excluding hydrogens is 328 g/mol. The number of anilines is 2. The lowest BCUT2D eigenvalue weighted by Gasteiger charge is -2.27. The maximum absolute atomic E-state index is 12.3. The van der Waals surface area contributed by atoms with Crippen LogP contribution >= 0.6 is 0 Å². The lowest BCUT2D eigenvalue weighted by molar-refractivity contribution is -0.122. The molecule has 134 valence electrons. The molecule has 6 heteroatoms. The van der Waals surface area contributed by atoms with Crippen LogP contribution in [0.3, 0.4) is 0 Å². The number of nitriles is 1. The van der Waals surface area contributed by atoms with Crippen LogP contribution in [0, 0.1) is 11.3 Å². The molecule has 1 fully saturated rings. The van der Waals surface area contributed by atoms with Crippen LogP contribution in [0.4, 0.5) is 11.5 Å². The number of amides is 1. The number of ether oxygens (including phenoxy) is 1. The fourth-order valence-corrected chi connectivity index (χ4v) is 2.88. The topological polar surface area (TPSA) is 78.2 Å². The van der Waals surface area contributed by atoms with E-state index in [9.17, 15) is 4.79 Å². The second-order valence-corrected chi connectivity index (χ2v) is 6.34. The summed E-state index contributed by atoms with van der Waals surface area (Å²) >= 11 is 0. The summed E-state index contributed by atoms with van der Waals surface area (Å²) < 4.78 is 5.62. The molecule has 0 spiro atoms. The van der Waals surface area contributed by atoms with E-state index < -0.39 is 6.10 Å². The lowest BCUT2D eigenvalue weighted by atomic mass is 10.1. The van der Waals surface area contributed by atoms with Gasteiger partial charge in [-0.15, -0.1) is 0 Å². The van der Waals surface area contributed by atoms with Gasteiger partial charge in [0.15, 0.2) is 6.10 Å². The minimum Gasteiger partial charge on any atom is -0.481 e. The molecule has 0 bridgehead atoms. The van der Waals surface area contributed by atoms with Crippen molar-refractivity contribution in [1.29, 1.82) is 5.26 Å². The first-order chi connectivity index (χ1) is 12.7. The van der Waals surface area contributed by atoms with Gasteiger partial charge in [-0.3, -0.25) is 4.79 Å². The Balaban J connectivity index is 1.55. The Morgan fingerprint density at radius 2 is 1.92 bits per heavy atom. The number of carbonyl (C=O) groups is 1. The Bertz CT molecular complexity index is 775. The van der Waals surface area contributed by atoms with Crippen LogP contribution in [-0.4, -0.2) is 30.1 Å². The van der Waals surface area contributed by atoms with Crippen molar-refractivity contribution in [1.82, 2.24) is 4.98 Å². The summed E-state index contributed by atoms with van der Waals surface area (Å²) in [6, 6.07) is 12.5. The van der Waals surface area contributed by atoms with Gasteiger partial charge >= 0.3 is 0 Å². The molecule has 1 N–H and O–H groups in total. The predicted molar refractivity (Wildman–Crippen MR) is 100 cm³/mol. The Hall–Kier alpha value is -3.07. The van der Waals surface area contributed by atoms with Crippen molar-refractivity contribution in [2.24, 2.45) is 0 Å². The van der Waals surface area contributed by atoms with E-state index >= 15 is 0 Å². The highest BCUT2D eigenvalue weighted by Gasteiger charge is 2.16. The summed E-state index contributed by atoms with van der Waals surface area (Å²) in [5, 5.41) is 11.6. The molecule has 1 atom stereocenters. The van der Waals surface area contributed by atoms with Gasteiger partial charge in [0.05, 0.1) is 23.5 Å². The normalized spacial score (nSPS) is 15.0. The maximum Gasteiger partial charge on any atom is 0.265 e. The number of aromatic nitrogens is 1. The number of benzene rings is 1. The minimum absolute atomic E-state index is 0.248. The predicted octanol–water partition coefficient (Wildman–Crippen LogP) is 3.35. The molecule has 6 nitrogen and oxygen atoms in total. The van der Waals surface area contributed by atoms with E-state index in [1.54, 1.807) is 37.4 Å². The van der Waals surface area contributed by atoms with Gasteiger partial charge in [0.1, 0.15) is 11.6 Å². The summed E-state index contributed by atoms with van der Waals surface area (Å²) in [6.07, 6.45) is 4.69. The molecule has 3 rings (SSSR count). The lowest BCUT2D eigenvalue weighted by Crippen LogP contribution is -2.31. The molecule has 1 aromatic heterocycles. The summed E-state index contributed by atoms with van der Waals surface area (Å²) in [4.78, 5) is 19.0. The summed E-state index contributed by atoms with van der Waals surface area (Å²) in [5.41, 5.74) is 1.19. The SMILES string of the molecule is C[C@@H](Oc1ccc(C#N)cc1)C(=O)Nc1ccc(N2CCCCC2)nc1. The van der Waals surface area contributed by atoms with Crippen LogP contribution in [0.1, 0.15) is 31.7 Å². The molecule has 1 aliphatic rings. The van der Waals surface area contributed by atoms with Gasteiger partial charge in [-0.1, -0.05) is 0 Å². The van der Waals surface area contributed by atoms with E-state index in [-0.39, 0.29) is 5.91 Å². The summed E-state index contributed by atoms with van der Waals surface area (Å²) in [7, 11) is 0. The second-order valence-electron chi connectivity index (χ2n) is 6.34. The second kappa shape index (κ2) is 8.34. The zero-order valence-electron chi connectivity index (χ0n) is 14.8. The average Bonchev–Trinajstić information content (AvgIpc) is 2.70. The highest BCUT2D eigenvalue weighted by molar-refractivity contribution is 5.94. The molecule has 1 aromatic carbocycles. The van der Waals surface area contributed by atoms with Crippen LogP contribution in [-0.2, 0) is 4.79 Å². The first-order valence-corrected chi connectivity index (χ1v) is 8.84. The number of hydrogen-bond donors (Lipinski definition) is 1. The molecule has 2 aromatic rings. The van der Waals surface area contributed by atoms with Crippen molar-refractivity contribution in [3.05, 3.63) is 48.2 Å². The highest BCUT2D eigenvalue weighted by atomic mass is 16.5. The number of hydrogen-bond acceptors (Lipinski definition) is 5. The molecular formula is C20H22N4O2. The third-order valence-corrected chi connectivity index (χ3v) is 4.36. The van der Waals surface area contributed by atoms with Crippen molar-refractivity contribution in [3.8, 4) is 11.8 Å². The third kappa shape index (κ3) is 4.51. The van der Waals surface area contributed by atoms with Crippen LogP contribution in [0.2, 0.25) is 0 Å². The van der Waals surface area contributed by atoms with Crippen LogP contribution in [0.25, 0.3) is 0 Å². The number of rotatable bonds is 5. The van der Waals surface area contributed by atoms with E-state index in [0.717, 1.165) is 18.9 Å². The van der Waals surface area contributed by atoms with Gasteiger partial charge in [0.2, 0.25) is 0 Å². The number of piperidine rings is 1. The van der Waals surface area contributed by atoms with E-state index in [1.807, 2.05) is 18.2 Å². The highest BCUT2D eigenvalue weighted by Crippen LogP contribution is 2.19. The van der Waals surface area contributed by atoms with Crippen molar-refractivity contribution >= 4 is 17.4 Å².